The lowest BCUT2D eigenvalue weighted by atomic mass is 9.83. The maximum atomic E-state index is 6.52. The molecule has 1 fully saturated rings. The first-order valence-corrected chi connectivity index (χ1v) is 7.65. The number of hydrogen-bond acceptors (Lipinski definition) is 3. The van der Waals surface area contributed by atoms with Crippen molar-refractivity contribution >= 4 is 11.3 Å². The fourth-order valence-corrected chi connectivity index (χ4v) is 3.55. The van der Waals surface area contributed by atoms with Crippen LogP contribution in [0.1, 0.15) is 51.1 Å². The summed E-state index contributed by atoms with van der Waals surface area (Å²) in [4.78, 5) is 2.61. The molecule has 2 unspecified atom stereocenters. The Kier molecular flexibility index (Phi) is 4.23. The lowest BCUT2D eigenvalue weighted by Crippen LogP contribution is -2.54. The molecule has 2 N–H and O–H groups in total. The van der Waals surface area contributed by atoms with Crippen LogP contribution in [-0.2, 0) is 0 Å². The van der Waals surface area contributed by atoms with Gasteiger partial charge in [-0.05, 0) is 61.7 Å². The van der Waals surface area contributed by atoms with Crippen molar-refractivity contribution in [3.8, 4) is 0 Å². The van der Waals surface area contributed by atoms with Crippen molar-refractivity contribution in [2.75, 3.05) is 13.1 Å². The number of rotatable bonds is 4. The van der Waals surface area contributed by atoms with E-state index in [1.54, 1.807) is 11.3 Å². The highest BCUT2D eigenvalue weighted by Crippen LogP contribution is 2.35. The summed E-state index contributed by atoms with van der Waals surface area (Å²) >= 11 is 1.74. The predicted octanol–water partition coefficient (Wildman–Crippen LogP) is 3.40. The molecule has 1 aliphatic heterocycles. The van der Waals surface area contributed by atoms with E-state index in [-0.39, 0.29) is 11.6 Å². The molecule has 0 bridgehead atoms. The number of nitrogens with zero attached hydrogens (tertiary/aromatic N) is 1. The third-order valence-electron chi connectivity index (χ3n) is 4.37. The minimum absolute atomic E-state index is 0.113. The average Bonchev–Trinajstić information content (AvgIpc) is 2.92. The molecule has 2 rings (SSSR count). The zero-order chi connectivity index (χ0) is 12.3. The Morgan fingerprint density at radius 3 is 2.65 bits per heavy atom. The molecule has 0 spiro atoms. The number of likely N-dealkylation sites (tertiary alicyclic amines) is 1. The van der Waals surface area contributed by atoms with Crippen LogP contribution in [0.4, 0.5) is 0 Å². The van der Waals surface area contributed by atoms with Crippen LogP contribution in [0.15, 0.2) is 16.8 Å². The van der Waals surface area contributed by atoms with Gasteiger partial charge in [0.25, 0.3) is 0 Å². The van der Waals surface area contributed by atoms with E-state index < -0.39 is 0 Å². The third kappa shape index (κ3) is 2.56. The Balaban J connectivity index is 2.17. The maximum absolute atomic E-state index is 6.52. The van der Waals surface area contributed by atoms with Gasteiger partial charge in [-0.25, -0.2) is 0 Å². The van der Waals surface area contributed by atoms with Crippen LogP contribution in [0.3, 0.4) is 0 Å². The second-order valence-electron chi connectivity index (χ2n) is 5.29. The van der Waals surface area contributed by atoms with Crippen LogP contribution in [0.25, 0.3) is 0 Å². The molecule has 2 nitrogen and oxygen atoms in total. The minimum atomic E-state index is 0.113. The van der Waals surface area contributed by atoms with E-state index in [1.807, 2.05) is 0 Å². The molecule has 3 heteroatoms. The fourth-order valence-electron chi connectivity index (χ4n) is 2.86. The molecule has 1 aromatic heterocycles. The molecule has 2 atom stereocenters. The monoisotopic (exact) mass is 252 g/mol. The first kappa shape index (κ1) is 13.1. The van der Waals surface area contributed by atoms with Gasteiger partial charge in [0, 0.05) is 11.6 Å². The number of piperidine rings is 1. The van der Waals surface area contributed by atoms with Crippen molar-refractivity contribution in [1.29, 1.82) is 0 Å². The molecule has 0 saturated carbocycles. The van der Waals surface area contributed by atoms with Crippen LogP contribution in [0.5, 0.6) is 0 Å². The summed E-state index contributed by atoms with van der Waals surface area (Å²) in [5.41, 5.74) is 7.93. The summed E-state index contributed by atoms with van der Waals surface area (Å²) in [5, 5.41) is 4.32. The van der Waals surface area contributed by atoms with E-state index in [2.05, 4.69) is 35.6 Å². The van der Waals surface area contributed by atoms with Crippen molar-refractivity contribution < 1.29 is 0 Å². The van der Waals surface area contributed by atoms with Gasteiger partial charge in [0.15, 0.2) is 0 Å². The van der Waals surface area contributed by atoms with E-state index in [9.17, 15) is 0 Å². The molecular formula is C14H24N2S. The van der Waals surface area contributed by atoms with Crippen LogP contribution >= 0.6 is 11.3 Å². The summed E-state index contributed by atoms with van der Waals surface area (Å²) in [6.45, 7) is 7.02. The van der Waals surface area contributed by atoms with E-state index in [0.29, 0.717) is 0 Å². The van der Waals surface area contributed by atoms with Crippen LogP contribution in [-0.4, -0.2) is 23.5 Å². The van der Waals surface area contributed by atoms with Crippen LogP contribution in [0, 0.1) is 0 Å². The second-order valence-corrected chi connectivity index (χ2v) is 6.07. The number of thiophene rings is 1. The van der Waals surface area contributed by atoms with Gasteiger partial charge < -0.3 is 5.73 Å². The standard InChI is InChI=1S/C14H24N2S/c1-3-14(2,16-8-5-4-6-9-16)13(15)12-7-10-17-11-12/h7,10-11,13H,3-6,8-9,15H2,1-2H3. The van der Waals surface area contributed by atoms with Gasteiger partial charge in [-0.2, -0.15) is 11.3 Å². The summed E-state index contributed by atoms with van der Waals surface area (Å²) in [5.74, 6) is 0. The SMILES string of the molecule is CCC(C)(C(N)c1ccsc1)N1CCCCC1. The molecule has 0 radical (unpaired) electrons. The van der Waals surface area contributed by atoms with Crippen LogP contribution < -0.4 is 5.73 Å². The summed E-state index contributed by atoms with van der Waals surface area (Å²) < 4.78 is 0. The highest BCUT2D eigenvalue weighted by atomic mass is 32.1. The molecule has 0 aromatic carbocycles. The van der Waals surface area contributed by atoms with E-state index in [4.69, 9.17) is 5.73 Å². The van der Waals surface area contributed by atoms with Crippen molar-refractivity contribution in [1.82, 2.24) is 4.90 Å². The van der Waals surface area contributed by atoms with Gasteiger partial charge in [-0.1, -0.05) is 13.3 Å². The highest BCUT2D eigenvalue weighted by Gasteiger charge is 2.37. The van der Waals surface area contributed by atoms with Gasteiger partial charge in [0.05, 0.1) is 0 Å². The van der Waals surface area contributed by atoms with Gasteiger partial charge in [-0.3, -0.25) is 4.90 Å². The lowest BCUT2D eigenvalue weighted by molar-refractivity contribution is 0.0544. The normalized spacial score (nSPS) is 23.2. The first-order chi connectivity index (χ1) is 8.18. The van der Waals surface area contributed by atoms with E-state index in [1.165, 1.54) is 37.9 Å². The van der Waals surface area contributed by atoms with E-state index >= 15 is 0 Å². The minimum Gasteiger partial charge on any atom is -0.322 e. The van der Waals surface area contributed by atoms with Gasteiger partial charge in [-0.15, -0.1) is 0 Å². The molecule has 1 saturated heterocycles. The topological polar surface area (TPSA) is 29.3 Å². The van der Waals surface area contributed by atoms with Gasteiger partial charge >= 0.3 is 0 Å². The summed E-state index contributed by atoms with van der Waals surface area (Å²) in [6, 6.07) is 2.31. The molecule has 1 aromatic rings. The Hall–Kier alpha value is -0.380. The van der Waals surface area contributed by atoms with Crippen molar-refractivity contribution in [2.24, 2.45) is 5.73 Å². The third-order valence-corrected chi connectivity index (χ3v) is 5.07. The molecule has 0 aliphatic carbocycles. The molecule has 17 heavy (non-hydrogen) atoms. The Morgan fingerprint density at radius 2 is 2.12 bits per heavy atom. The quantitative estimate of drug-likeness (QED) is 0.890. The Labute approximate surface area is 109 Å². The van der Waals surface area contributed by atoms with Gasteiger partial charge in [0.2, 0.25) is 0 Å². The highest BCUT2D eigenvalue weighted by molar-refractivity contribution is 7.07. The summed E-state index contributed by atoms with van der Waals surface area (Å²) in [7, 11) is 0. The van der Waals surface area contributed by atoms with Crippen molar-refractivity contribution in [3.63, 3.8) is 0 Å². The second kappa shape index (κ2) is 5.51. The molecule has 96 valence electrons. The molecular weight excluding hydrogens is 228 g/mol. The molecule has 2 heterocycles. The Bertz CT molecular complexity index is 330. The van der Waals surface area contributed by atoms with Gasteiger partial charge in [0.1, 0.15) is 0 Å². The largest absolute Gasteiger partial charge is 0.322 e. The van der Waals surface area contributed by atoms with E-state index in [0.717, 1.165) is 6.42 Å². The average molecular weight is 252 g/mol. The molecule has 1 aliphatic rings. The Morgan fingerprint density at radius 1 is 1.41 bits per heavy atom. The first-order valence-electron chi connectivity index (χ1n) is 6.71. The zero-order valence-corrected chi connectivity index (χ0v) is 11.8. The zero-order valence-electron chi connectivity index (χ0n) is 11.0. The maximum Gasteiger partial charge on any atom is 0.0487 e. The lowest BCUT2D eigenvalue weighted by Gasteiger charge is -2.46. The summed E-state index contributed by atoms with van der Waals surface area (Å²) in [6.07, 6.45) is 5.14. The van der Waals surface area contributed by atoms with Crippen LogP contribution in [0.2, 0.25) is 0 Å². The number of nitrogens with two attached hydrogens (primary N) is 1. The fraction of sp³-hybridized carbons (Fsp3) is 0.714. The molecule has 0 amide bonds. The van der Waals surface area contributed by atoms with Crippen molar-refractivity contribution in [3.05, 3.63) is 22.4 Å². The predicted molar refractivity (Wildman–Crippen MR) is 75.4 cm³/mol. The number of hydrogen-bond donors (Lipinski definition) is 1. The van der Waals surface area contributed by atoms with Crippen molar-refractivity contribution in [2.45, 2.75) is 51.1 Å². The smallest absolute Gasteiger partial charge is 0.0487 e.